The molecule has 1 unspecified atom stereocenters. The second-order valence-electron chi connectivity index (χ2n) is 6.35. The van der Waals surface area contributed by atoms with Crippen LogP contribution in [0, 0.1) is 19.7 Å². The maximum atomic E-state index is 13.1. The number of carbonyl (C=O) groups excluding carboxylic acids is 2. The smallest absolute Gasteiger partial charge is 0.351 e. The fourth-order valence-electron chi connectivity index (χ4n) is 2.54. The lowest BCUT2D eigenvalue weighted by Crippen LogP contribution is -2.30. The lowest BCUT2D eigenvalue weighted by molar-refractivity contribution is -0.123. The summed E-state index contributed by atoms with van der Waals surface area (Å²) in [6, 6.07) is 13.2. The molecular formula is C21H19FN2O3S. The monoisotopic (exact) mass is 398 g/mol. The molecule has 0 radical (unpaired) electrons. The van der Waals surface area contributed by atoms with E-state index in [2.05, 4.69) is 10.3 Å². The third kappa shape index (κ3) is 4.61. The summed E-state index contributed by atoms with van der Waals surface area (Å²) < 4.78 is 18.4. The van der Waals surface area contributed by atoms with E-state index in [0.29, 0.717) is 26.8 Å². The number of amides is 1. The molecule has 0 aliphatic carbocycles. The summed E-state index contributed by atoms with van der Waals surface area (Å²) in [5, 5.41) is 3.31. The average Bonchev–Trinajstić information content (AvgIpc) is 3.04. The summed E-state index contributed by atoms with van der Waals surface area (Å²) in [6.45, 7) is 5.13. The van der Waals surface area contributed by atoms with Crippen LogP contribution < -0.4 is 5.32 Å². The van der Waals surface area contributed by atoms with Gasteiger partial charge >= 0.3 is 5.97 Å². The number of rotatable bonds is 5. The van der Waals surface area contributed by atoms with E-state index < -0.39 is 18.0 Å². The molecule has 0 aliphatic heterocycles. The zero-order valence-electron chi connectivity index (χ0n) is 15.7. The van der Waals surface area contributed by atoms with Crippen LogP contribution in [0.5, 0.6) is 0 Å². The Morgan fingerprint density at radius 1 is 1.14 bits per heavy atom. The Morgan fingerprint density at radius 2 is 1.86 bits per heavy atom. The molecule has 1 N–H and O–H groups in total. The van der Waals surface area contributed by atoms with Gasteiger partial charge in [0, 0.05) is 11.3 Å². The van der Waals surface area contributed by atoms with Crippen LogP contribution in [0.4, 0.5) is 10.1 Å². The molecule has 144 valence electrons. The van der Waals surface area contributed by atoms with Crippen LogP contribution in [0.2, 0.25) is 0 Å². The summed E-state index contributed by atoms with van der Waals surface area (Å²) in [5.41, 5.74) is 2.86. The van der Waals surface area contributed by atoms with Gasteiger partial charge in [-0.2, -0.15) is 0 Å². The molecule has 28 heavy (non-hydrogen) atoms. The first-order valence-corrected chi connectivity index (χ1v) is 9.47. The van der Waals surface area contributed by atoms with Crippen molar-refractivity contribution >= 4 is 28.9 Å². The first-order chi connectivity index (χ1) is 13.3. The average molecular weight is 398 g/mol. The fourth-order valence-corrected chi connectivity index (χ4v) is 3.49. The minimum Gasteiger partial charge on any atom is -0.448 e. The van der Waals surface area contributed by atoms with Crippen LogP contribution in [0.1, 0.15) is 27.9 Å². The first kappa shape index (κ1) is 19.7. The van der Waals surface area contributed by atoms with Gasteiger partial charge in [-0.15, -0.1) is 11.3 Å². The molecule has 2 aromatic carbocycles. The van der Waals surface area contributed by atoms with Crippen LogP contribution in [-0.4, -0.2) is 23.0 Å². The van der Waals surface area contributed by atoms with Gasteiger partial charge in [0.1, 0.15) is 15.7 Å². The van der Waals surface area contributed by atoms with Gasteiger partial charge in [0.2, 0.25) is 0 Å². The third-order valence-corrected chi connectivity index (χ3v) is 5.20. The van der Waals surface area contributed by atoms with Crippen molar-refractivity contribution in [1.29, 1.82) is 0 Å². The normalized spacial score (nSPS) is 11.7. The number of hydrogen-bond donors (Lipinski definition) is 1. The molecular weight excluding hydrogens is 379 g/mol. The Balaban J connectivity index is 1.68. The van der Waals surface area contributed by atoms with Crippen molar-refractivity contribution < 1.29 is 18.7 Å². The number of ether oxygens (including phenoxy) is 1. The van der Waals surface area contributed by atoms with Crippen LogP contribution >= 0.6 is 11.3 Å². The summed E-state index contributed by atoms with van der Waals surface area (Å²) in [6.07, 6.45) is -0.969. The van der Waals surface area contributed by atoms with Gasteiger partial charge in [0.25, 0.3) is 5.91 Å². The third-order valence-electron chi connectivity index (χ3n) is 4.01. The number of halogens is 1. The van der Waals surface area contributed by atoms with Gasteiger partial charge in [-0.05, 0) is 62.7 Å². The number of aryl methyl sites for hydroxylation is 2. The number of thiazole rings is 1. The number of nitrogens with one attached hydrogen (secondary N) is 1. The lowest BCUT2D eigenvalue weighted by Gasteiger charge is -2.13. The highest BCUT2D eigenvalue weighted by Gasteiger charge is 2.23. The molecule has 0 fully saturated rings. The number of hydrogen-bond acceptors (Lipinski definition) is 5. The van der Waals surface area contributed by atoms with E-state index in [-0.39, 0.29) is 5.82 Å². The quantitative estimate of drug-likeness (QED) is 0.630. The molecule has 1 atom stereocenters. The Bertz CT molecular complexity index is 1010. The van der Waals surface area contributed by atoms with Crippen molar-refractivity contribution in [1.82, 2.24) is 4.98 Å². The molecule has 7 heteroatoms. The van der Waals surface area contributed by atoms with E-state index in [4.69, 9.17) is 4.74 Å². The Kier molecular flexibility index (Phi) is 5.84. The van der Waals surface area contributed by atoms with Crippen molar-refractivity contribution in [2.24, 2.45) is 0 Å². The molecule has 0 bridgehead atoms. The molecule has 5 nitrogen and oxygen atoms in total. The van der Waals surface area contributed by atoms with Crippen LogP contribution in [-0.2, 0) is 9.53 Å². The molecule has 0 aliphatic rings. The first-order valence-electron chi connectivity index (χ1n) is 8.65. The largest absolute Gasteiger partial charge is 0.448 e. The predicted molar refractivity (Wildman–Crippen MR) is 107 cm³/mol. The van der Waals surface area contributed by atoms with E-state index in [1.165, 1.54) is 19.1 Å². The van der Waals surface area contributed by atoms with Crippen molar-refractivity contribution in [2.75, 3.05) is 5.32 Å². The number of nitrogens with zero attached hydrogens (tertiary/aromatic N) is 1. The molecule has 0 saturated carbocycles. The molecule has 1 aromatic heterocycles. The van der Waals surface area contributed by atoms with Crippen molar-refractivity contribution in [3.63, 3.8) is 0 Å². The molecule has 3 aromatic rings. The fraction of sp³-hybridized carbons (Fsp3) is 0.190. The summed E-state index contributed by atoms with van der Waals surface area (Å²) >= 11 is 1.15. The topological polar surface area (TPSA) is 68.3 Å². The number of benzene rings is 2. The number of carbonyl (C=O) groups is 2. The summed E-state index contributed by atoms with van der Waals surface area (Å²) in [4.78, 5) is 29.5. The standard InChI is InChI=1S/C21H19FN2O3S/c1-12-5-4-6-17(11-12)24-19(25)14(3)27-21(26)18-13(2)23-20(28-18)15-7-9-16(22)10-8-15/h4-11,14H,1-3H3,(H,24,25). The molecule has 0 saturated heterocycles. The highest BCUT2D eigenvalue weighted by Crippen LogP contribution is 2.28. The molecule has 1 amide bonds. The Hall–Kier alpha value is -3.06. The number of esters is 1. The SMILES string of the molecule is Cc1cccc(NC(=O)C(C)OC(=O)c2sc(-c3ccc(F)cc3)nc2C)c1. The zero-order valence-corrected chi connectivity index (χ0v) is 16.5. The van der Waals surface area contributed by atoms with Crippen LogP contribution in [0.15, 0.2) is 48.5 Å². The maximum Gasteiger partial charge on any atom is 0.351 e. The van der Waals surface area contributed by atoms with E-state index in [1.807, 2.05) is 25.1 Å². The van der Waals surface area contributed by atoms with Gasteiger partial charge in [-0.1, -0.05) is 12.1 Å². The zero-order chi connectivity index (χ0) is 20.3. The van der Waals surface area contributed by atoms with Gasteiger partial charge in [-0.3, -0.25) is 4.79 Å². The van der Waals surface area contributed by atoms with E-state index >= 15 is 0 Å². The van der Waals surface area contributed by atoms with Gasteiger partial charge in [0.15, 0.2) is 6.10 Å². The van der Waals surface area contributed by atoms with E-state index in [9.17, 15) is 14.0 Å². The van der Waals surface area contributed by atoms with Crippen LogP contribution in [0.25, 0.3) is 10.6 Å². The maximum absolute atomic E-state index is 13.1. The lowest BCUT2D eigenvalue weighted by atomic mass is 10.2. The number of anilines is 1. The predicted octanol–water partition coefficient (Wildman–Crippen LogP) is 4.75. The minimum absolute atomic E-state index is 0.314. The van der Waals surface area contributed by atoms with Gasteiger partial charge < -0.3 is 10.1 Å². The van der Waals surface area contributed by atoms with Gasteiger partial charge in [-0.25, -0.2) is 14.2 Å². The number of aromatic nitrogens is 1. The highest BCUT2D eigenvalue weighted by molar-refractivity contribution is 7.17. The van der Waals surface area contributed by atoms with E-state index in [1.54, 1.807) is 25.1 Å². The molecule has 3 rings (SSSR count). The van der Waals surface area contributed by atoms with Gasteiger partial charge in [0.05, 0.1) is 5.69 Å². The van der Waals surface area contributed by atoms with Crippen molar-refractivity contribution in [3.8, 4) is 10.6 Å². The van der Waals surface area contributed by atoms with Crippen molar-refractivity contribution in [3.05, 3.63) is 70.5 Å². The summed E-state index contributed by atoms with van der Waals surface area (Å²) in [7, 11) is 0. The second kappa shape index (κ2) is 8.31. The highest BCUT2D eigenvalue weighted by atomic mass is 32.1. The van der Waals surface area contributed by atoms with E-state index in [0.717, 1.165) is 16.9 Å². The second-order valence-corrected chi connectivity index (χ2v) is 7.35. The Labute approximate surface area is 166 Å². The van der Waals surface area contributed by atoms with Crippen molar-refractivity contribution in [2.45, 2.75) is 26.9 Å². The summed E-state index contributed by atoms with van der Waals surface area (Å²) in [5.74, 6) is -1.37. The Morgan fingerprint density at radius 3 is 2.54 bits per heavy atom. The molecule has 1 heterocycles. The minimum atomic E-state index is -0.969. The molecule has 0 spiro atoms. The van der Waals surface area contributed by atoms with Crippen LogP contribution in [0.3, 0.4) is 0 Å².